The second-order valence-electron chi connectivity index (χ2n) is 4.12. The molecule has 0 heterocycles. The first-order valence-electron chi connectivity index (χ1n) is 5.93. The molecule has 1 atom stereocenters. The summed E-state index contributed by atoms with van der Waals surface area (Å²) >= 11 is 3.20. The van der Waals surface area contributed by atoms with Crippen molar-refractivity contribution in [3.8, 4) is 0 Å². The lowest BCUT2D eigenvalue weighted by Crippen LogP contribution is -2.20. The molecule has 2 aromatic rings. The van der Waals surface area contributed by atoms with Gasteiger partial charge in [0.1, 0.15) is 5.82 Å². The Kier molecular flexibility index (Phi) is 5.31. The molecule has 1 unspecified atom stereocenters. The first kappa shape index (κ1) is 16.2. The van der Waals surface area contributed by atoms with Crippen LogP contribution in [0.2, 0.25) is 5.02 Å². The second-order valence-corrected chi connectivity index (χ2v) is 5.23. The number of hydrogen-bond donors (Lipinski definition) is 3. The molecule has 0 bridgehead atoms. The summed E-state index contributed by atoms with van der Waals surface area (Å²) in [6.45, 7) is 0. The SMILES string of the molecule is O=C(Nc1ccc(NS(=O)[O-])cc1)Nc1ccc(Cl)cc1F. The van der Waals surface area contributed by atoms with E-state index in [0.29, 0.717) is 11.4 Å². The number of benzene rings is 2. The number of amides is 2. The van der Waals surface area contributed by atoms with Crippen LogP contribution in [0.15, 0.2) is 42.5 Å². The van der Waals surface area contributed by atoms with E-state index in [-0.39, 0.29) is 10.7 Å². The van der Waals surface area contributed by atoms with Crippen molar-refractivity contribution in [2.24, 2.45) is 0 Å². The minimum atomic E-state index is -2.42. The molecule has 0 saturated carbocycles. The molecule has 3 N–H and O–H groups in total. The Labute approximate surface area is 133 Å². The predicted octanol–water partition coefficient (Wildman–Crippen LogP) is 3.33. The Morgan fingerprint density at radius 2 is 1.73 bits per heavy atom. The van der Waals surface area contributed by atoms with Crippen LogP contribution in [0.1, 0.15) is 0 Å². The number of rotatable bonds is 4. The largest absolute Gasteiger partial charge is 0.755 e. The summed E-state index contributed by atoms with van der Waals surface area (Å²) in [7, 11) is 0. The van der Waals surface area contributed by atoms with Gasteiger partial charge in [-0.3, -0.25) is 4.21 Å². The van der Waals surface area contributed by atoms with Gasteiger partial charge in [0.15, 0.2) is 0 Å². The van der Waals surface area contributed by atoms with Crippen molar-refractivity contribution in [1.82, 2.24) is 0 Å². The average molecular weight is 343 g/mol. The summed E-state index contributed by atoms with van der Waals surface area (Å²) in [6.07, 6.45) is 0. The van der Waals surface area contributed by atoms with Gasteiger partial charge in [-0.1, -0.05) is 11.6 Å². The third kappa shape index (κ3) is 4.69. The summed E-state index contributed by atoms with van der Waals surface area (Å²) < 4.78 is 36.6. The summed E-state index contributed by atoms with van der Waals surface area (Å²) in [5, 5.41) is 5.04. The van der Waals surface area contributed by atoms with Gasteiger partial charge in [-0.05, 0) is 42.5 Å². The Morgan fingerprint density at radius 1 is 1.09 bits per heavy atom. The van der Waals surface area contributed by atoms with Crippen LogP contribution in [0, 0.1) is 5.82 Å². The Morgan fingerprint density at radius 3 is 2.32 bits per heavy atom. The van der Waals surface area contributed by atoms with Gasteiger partial charge in [0.2, 0.25) is 0 Å². The number of nitrogens with one attached hydrogen (secondary N) is 3. The first-order chi connectivity index (χ1) is 10.4. The van der Waals surface area contributed by atoms with E-state index in [1.165, 1.54) is 36.4 Å². The van der Waals surface area contributed by atoms with E-state index in [1.807, 2.05) is 0 Å². The van der Waals surface area contributed by atoms with Crippen LogP contribution < -0.4 is 15.4 Å². The number of halogens is 2. The fourth-order valence-electron chi connectivity index (χ4n) is 1.59. The maximum absolute atomic E-state index is 13.5. The molecule has 0 aliphatic rings. The average Bonchev–Trinajstić information content (AvgIpc) is 2.43. The van der Waals surface area contributed by atoms with Crippen LogP contribution in [0.4, 0.5) is 26.2 Å². The number of carbonyl (C=O) groups excluding carboxylic acids is 1. The number of hydrogen-bond acceptors (Lipinski definition) is 3. The van der Waals surface area contributed by atoms with E-state index in [4.69, 9.17) is 11.6 Å². The minimum Gasteiger partial charge on any atom is -0.755 e. The number of anilines is 3. The number of urea groups is 1. The van der Waals surface area contributed by atoms with E-state index in [0.717, 1.165) is 6.07 Å². The quantitative estimate of drug-likeness (QED) is 0.744. The van der Waals surface area contributed by atoms with Crippen molar-refractivity contribution in [3.05, 3.63) is 53.3 Å². The van der Waals surface area contributed by atoms with Crippen LogP contribution in [0.3, 0.4) is 0 Å². The highest BCUT2D eigenvalue weighted by molar-refractivity contribution is 7.80. The normalized spacial score (nSPS) is 11.6. The lowest BCUT2D eigenvalue weighted by atomic mass is 10.3. The maximum Gasteiger partial charge on any atom is 0.323 e. The molecular formula is C13H10ClFN3O3S-. The summed E-state index contributed by atoms with van der Waals surface area (Å²) in [5.41, 5.74) is 0.749. The molecule has 22 heavy (non-hydrogen) atoms. The molecule has 0 radical (unpaired) electrons. The van der Waals surface area contributed by atoms with E-state index >= 15 is 0 Å². The van der Waals surface area contributed by atoms with E-state index in [1.54, 1.807) is 0 Å². The standard InChI is InChI=1S/C13H11ClFN3O3S/c14-8-1-6-12(11(15)7-8)17-13(19)16-9-2-4-10(5-3-9)18-22(20)21/h1-7,18H,(H,20,21)(H2,16,17,19)/p-1. The zero-order valence-electron chi connectivity index (χ0n) is 10.9. The highest BCUT2D eigenvalue weighted by Crippen LogP contribution is 2.19. The maximum atomic E-state index is 13.5. The summed E-state index contributed by atoms with van der Waals surface area (Å²) in [5.74, 6) is -0.653. The van der Waals surface area contributed by atoms with Crippen LogP contribution in [-0.4, -0.2) is 14.8 Å². The van der Waals surface area contributed by atoms with Crippen LogP contribution in [0.5, 0.6) is 0 Å². The van der Waals surface area contributed by atoms with E-state index < -0.39 is 23.1 Å². The van der Waals surface area contributed by atoms with Crippen molar-refractivity contribution < 1.29 is 17.9 Å². The molecule has 0 aliphatic carbocycles. The van der Waals surface area contributed by atoms with Crippen LogP contribution in [-0.2, 0) is 11.3 Å². The van der Waals surface area contributed by atoms with Gasteiger partial charge in [-0.2, -0.15) is 0 Å². The van der Waals surface area contributed by atoms with Crippen LogP contribution in [0.25, 0.3) is 0 Å². The fourth-order valence-corrected chi connectivity index (χ4v) is 2.08. The molecule has 6 nitrogen and oxygen atoms in total. The van der Waals surface area contributed by atoms with Gasteiger partial charge in [-0.25, -0.2) is 9.18 Å². The monoisotopic (exact) mass is 342 g/mol. The molecule has 0 spiro atoms. The van der Waals surface area contributed by atoms with Gasteiger partial charge >= 0.3 is 6.03 Å². The summed E-state index contributed by atoms with van der Waals surface area (Å²) in [4.78, 5) is 11.7. The fraction of sp³-hybridized carbons (Fsp3) is 0. The Hall–Kier alpha value is -2.16. The van der Waals surface area contributed by atoms with Crippen molar-refractivity contribution in [3.63, 3.8) is 0 Å². The smallest absolute Gasteiger partial charge is 0.323 e. The lowest BCUT2D eigenvalue weighted by Gasteiger charge is -2.11. The predicted molar refractivity (Wildman–Crippen MR) is 83.0 cm³/mol. The topological polar surface area (TPSA) is 93.3 Å². The van der Waals surface area contributed by atoms with Crippen molar-refractivity contribution in [2.75, 3.05) is 15.4 Å². The highest BCUT2D eigenvalue weighted by Gasteiger charge is 2.07. The first-order valence-corrected chi connectivity index (χ1v) is 7.38. The third-order valence-electron chi connectivity index (χ3n) is 2.52. The molecule has 9 heteroatoms. The van der Waals surface area contributed by atoms with Gasteiger partial charge < -0.3 is 19.9 Å². The zero-order valence-corrected chi connectivity index (χ0v) is 12.5. The summed E-state index contributed by atoms with van der Waals surface area (Å²) in [6, 6.07) is 9.15. The van der Waals surface area contributed by atoms with Crippen molar-refractivity contribution >= 4 is 46.0 Å². The van der Waals surface area contributed by atoms with E-state index in [2.05, 4.69) is 15.4 Å². The molecule has 2 rings (SSSR count). The molecule has 0 aromatic heterocycles. The van der Waals surface area contributed by atoms with E-state index in [9.17, 15) is 17.9 Å². The molecule has 116 valence electrons. The second kappa shape index (κ2) is 7.21. The number of carbonyl (C=O) groups is 1. The lowest BCUT2D eigenvalue weighted by molar-refractivity contribution is 0.262. The Balaban J connectivity index is 1.98. The van der Waals surface area contributed by atoms with Gasteiger partial charge in [0, 0.05) is 27.7 Å². The van der Waals surface area contributed by atoms with Crippen molar-refractivity contribution in [2.45, 2.75) is 0 Å². The van der Waals surface area contributed by atoms with Gasteiger partial charge in [0.25, 0.3) is 0 Å². The van der Waals surface area contributed by atoms with Crippen LogP contribution >= 0.6 is 11.6 Å². The van der Waals surface area contributed by atoms with Gasteiger partial charge in [-0.15, -0.1) is 0 Å². The third-order valence-corrected chi connectivity index (χ3v) is 3.16. The molecule has 0 saturated heterocycles. The highest BCUT2D eigenvalue weighted by atomic mass is 35.5. The van der Waals surface area contributed by atoms with Crippen molar-refractivity contribution in [1.29, 1.82) is 0 Å². The molecule has 2 aromatic carbocycles. The minimum absolute atomic E-state index is 0.0121. The molecule has 0 aliphatic heterocycles. The molecular weight excluding hydrogens is 333 g/mol. The molecule has 0 fully saturated rings. The molecule has 2 amide bonds. The van der Waals surface area contributed by atoms with Gasteiger partial charge in [0.05, 0.1) is 5.69 Å². The Bertz CT molecular complexity index is 712. The zero-order chi connectivity index (χ0) is 16.1.